The fraction of sp³-hybridized carbons (Fsp3) is 0.765. The smallest absolute Gasteiger partial charge is 0.276 e. The van der Waals surface area contributed by atoms with E-state index < -0.39 is 0 Å². The summed E-state index contributed by atoms with van der Waals surface area (Å²) in [5, 5.41) is 0. The van der Waals surface area contributed by atoms with Crippen molar-refractivity contribution in [1.29, 1.82) is 0 Å². The standard InChI is InChI=1S/C17H26N2O4/c1-12(2)6-9-21-13-5-7-19(10-13)17(20)15-16(23-11-18-15)14-4-3-8-22-14/h11-14H,3-10H2,1-2H3/t13-,14+/m1/s1. The predicted molar refractivity (Wildman–Crippen MR) is 84.1 cm³/mol. The highest BCUT2D eigenvalue weighted by Crippen LogP contribution is 2.31. The number of hydrogen-bond acceptors (Lipinski definition) is 5. The Bertz CT molecular complexity index is 522. The molecule has 0 spiro atoms. The Morgan fingerprint density at radius 1 is 1.48 bits per heavy atom. The summed E-state index contributed by atoms with van der Waals surface area (Å²) in [6, 6.07) is 0. The van der Waals surface area contributed by atoms with Crippen molar-refractivity contribution in [3.05, 3.63) is 17.8 Å². The first kappa shape index (κ1) is 16.5. The lowest BCUT2D eigenvalue weighted by atomic mass is 10.1. The summed E-state index contributed by atoms with van der Waals surface area (Å²) in [6.45, 7) is 7.19. The highest BCUT2D eigenvalue weighted by atomic mass is 16.5. The molecule has 3 heterocycles. The summed E-state index contributed by atoms with van der Waals surface area (Å²) in [5.41, 5.74) is 0.403. The van der Waals surface area contributed by atoms with Crippen LogP contribution < -0.4 is 0 Å². The van der Waals surface area contributed by atoms with Gasteiger partial charge in [0.25, 0.3) is 5.91 Å². The third kappa shape index (κ3) is 3.93. The molecule has 128 valence electrons. The van der Waals surface area contributed by atoms with Crippen LogP contribution in [-0.2, 0) is 9.47 Å². The van der Waals surface area contributed by atoms with Gasteiger partial charge >= 0.3 is 0 Å². The molecule has 0 saturated carbocycles. The Morgan fingerprint density at radius 2 is 2.35 bits per heavy atom. The first-order valence-electron chi connectivity index (χ1n) is 8.61. The van der Waals surface area contributed by atoms with Gasteiger partial charge in [0.1, 0.15) is 6.10 Å². The number of likely N-dealkylation sites (tertiary alicyclic amines) is 1. The van der Waals surface area contributed by atoms with Crippen molar-refractivity contribution in [2.45, 2.75) is 51.7 Å². The van der Waals surface area contributed by atoms with Crippen LogP contribution in [0.2, 0.25) is 0 Å². The van der Waals surface area contributed by atoms with Gasteiger partial charge in [0.05, 0.1) is 6.10 Å². The topological polar surface area (TPSA) is 64.8 Å². The Hall–Kier alpha value is -1.40. The molecule has 2 saturated heterocycles. The maximum Gasteiger partial charge on any atom is 0.276 e. The molecule has 2 fully saturated rings. The van der Waals surface area contributed by atoms with Crippen molar-refractivity contribution in [3.8, 4) is 0 Å². The van der Waals surface area contributed by atoms with Crippen molar-refractivity contribution in [2.24, 2.45) is 5.92 Å². The Labute approximate surface area is 137 Å². The summed E-state index contributed by atoms with van der Waals surface area (Å²) in [4.78, 5) is 18.7. The lowest BCUT2D eigenvalue weighted by Gasteiger charge is -2.17. The molecule has 0 bridgehead atoms. The molecule has 2 atom stereocenters. The van der Waals surface area contributed by atoms with Gasteiger partial charge in [-0.2, -0.15) is 0 Å². The molecule has 2 aliphatic heterocycles. The van der Waals surface area contributed by atoms with Crippen LogP contribution in [0.25, 0.3) is 0 Å². The predicted octanol–water partition coefficient (Wildman–Crippen LogP) is 2.80. The van der Waals surface area contributed by atoms with E-state index in [1.165, 1.54) is 6.39 Å². The fourth-order valence-electron chi connectivity index (χ4n) is 3.10. The van der Waals surface area contributed by atoms with E-state index in [2.05, 4.69) is 18.8 Å². The molecule has 1 amide bonds. The van der Waals surface area contributed by atoms with Gasteiger partial charge in [0, 0.05) is 26.3 Å². The highest BCUT2D eigenvalue weighted by molar-refractivity contribution is 5.93. The first-order chi connectivity index (χ1) is 11.1. The Balaban J connectivity index is 1.56. The van der Waals surface area contributed by atoms with Crippen LogP contribution in [0.3, 0.4) is 0 Å². The van der Waals surface area contributed by atoms with E-state index in [1.54, 1.807) is 0 Å². The van der Waals surface area contributed by atoms with Crippen LogP contribution in [0.5, 0.6) is 0 Å². The van der Waals surface area contributed by atoms with Crippen molar-refractivity contribution >= 4 is 5.91 Å². The second kappa shape index (κ2) is 7.45. The lowest BCUT2D eigenvalue weighted by molar-refractivity contribution is 0.0478. The minimum Gasteiger partial charge on any atom is -0.445 e. The van der Waals surface area contributed by atoms with Gasteiger partial charge in [-0.25, -0.2) is 4.98 Å². The van der Waals surface area contributed by atoms with Crippen LogP contribution in [-0.4, -0.2) is 48.2 Å². The van der Waals surface area contributed by atoms with Gasteiger partial charge in [0.15, 0.2) is 17.8 Å². The summed E-state index contributed by atoms with van der Waals surface area (Å²) >= 11 is 0. The number of amides is 1. The quantitative estimate of drug-likeness (QED) is 0.806. The first-order valence-corrected chi connectivity index (χ1v) is 8.61. The SMILES string of the molecule is CC(C)CCO[C@@H]1CCN(C(=O)c2ncoc2[C@@H]2CCCO2)C1. The maximum atomic E-state index is 12.7. The van der Waals surface area contributed by atoms with E-state index in [-0.39, 0.29) is 18.1 Å². The average Bonchev–Trinajstić information content (AvgIpc) is 3.26. The van der Waals surface area contributed by atoms with Gasteiger partial charge in [-0.3, -0.25) is 4.79 Å². The van der Waals surface area contributed by atoms with Crippen LogP contribution in [0.1, 0.15) is 61.9 Å². The van der Waals surface area contributed by atoms with Crippen molar-refractivity contribution in [1.82, 2.24) is 9.88 Å². The number of rotatable bonds is 6. The second-order valence-electron chi connectivity index (χ2n) is 6.78. The van der Waals surface area contributed by atoms with E-state index >= 15 is 0 Å². The molecule has 2 aliphatic rings. The number of aromatic nitrogens is 1. The van der Waals surface area contributed by atoms with E-state index in [0.717, 1.165) is 32.3 Å². The number of carbonyl (C=O) groups excluding carboxylic acids is 1. The molecule has 1 aromatic rings. The zero-order valence-corrected chi connectivity index (χ0v) is 14.0. The third-order valence-electron chi connectivity index (χ3n) is 4.50. The normalized spacial score (nSPS) is 24.7. The largest absolute Gasteiger partial charge is 0.445 e. The number of hydrogen-bond donors (Lipinski definition) is 0. The number of carbonyl (C=O) groups is 1. The lowest BCUT2D eigenvalue weighted by Crippen LogP contribution is -2.31. The Kier molecular flexibility index (Phi) is 5.33. The monoisotopic (exact) mass is 322 g/mol. The molecule has 6 nitrogen and oxygen atoms in total. The summed E-state index contributed by atoms with van der Waals surface area (Å²) in [7, 11) is 0. The molecule has 1 aromatic heterocycles. The Morgan fingerprint density at radius 3 is 3.09 bits per heavy atom. The van der Waals surface area contributed by atoms with E-state index in [4.69, 9.17) is 13.9 Å². The van der Waals surface area contributed by atoms with Crippen molar-refractivity contribution in [2.75, 3.05) is 26.3 Å². The fourth-order valence-corrected chi connectivity index (χ4v) is 3.10. The summed E-state index contributed by atoms with van der Waals surface area (Å²) in [5.74, 6) is 1.15. The molecular weight excluding hydrogens is 296 g/mol. The average molecular weight is 322 g/mol. The highest BCUT2D eigenvalue weighted by Gasteiger charge is 2.33. The maximum absolute atomic E-state index is 12.7. The molecule has 0 unspecified atom stereocenters. The summed E-state index contributed by atoms with van der Waals surface area (Å²) < 4.78 is 16.9. The van der Waals surface area contributed by atoms with E-state index in [0.29, 0.717) is 37.1 Å². The molecule has 0 aliphatic carbocycles. The number of oxazole rings is 1. The molecule has 3 rings (SSSR count). The zero-order valence-electron chi connectivity index (χ0n) is 14.0. The van der Waals surface area contributed by atoms with Crippen molar-refractivity contribution in [3.63, 3.8) is 0 Å². The molecule has 0 aromatic carbocycles. The van der Waals surface area contributed by atoms with Crippen LogP contribution >= 0.6 is 0 Å². The van der Waals surface area contributed by atoms with Gasteiger partial charge in [0.2, 0.25) is 0 Å². The van der Waals surface area contributed by atoms with Gasteiger partial charge in [-0.05, 0) is 31.6 Å². The van der Waals surface area contributed by atoms with E-state index in [1.807, 2.05) is 4.90 Å². The second-order valence-corrected chi connectivity index (χ2v) is 6.78. The minimum absolute atomic E-state index is 0.0702. The zero-order chi connectivity index (χ0) is 16.2. The number of ether oxygens (including phenoxy) is 2. The summed E-state index contributed by atoms with van der Waals surface area (Å²) in [6.07, 6.45) is 5.17. The molecule has 6 heteroatoms. The molecular formula is C17H26N2O4. The van der Waals surface area contributed by atoms with Gasteiger partial charge in [-0.1, -0.05) is 13.8 Å². The minimum atomic E-state index is -0.128. The van der Waals surface area contributed by atoms with E-state index in [9.17, 15) is 4.79 Å². The van der Waals surface area contributed by atoms with Gasteiger partial charge < -0.3 is 18.8 Å². The molecule has 0 N–H and O–H groups in total. The van der Waals surface area contributed by atoms with Crippen molar-refractivity contribution < 1.29 is 18.7 Å². The third-order valence-corrected chi connectivity index (χ3v) is 4.50. The van der Waals surface area contributed by atoms with Gasteiger partial charge in [-0.15, -0.1) is 0 Å². The molecule has 0 radical (unpaired) electrons. The van der Waals surface area contributed by atoms with Crippen LogP contribution in [0.15, 0.2) is 10.8 Å². The number of nitrogens with zero attached hydrogens (tertiary/aromatic N) is 2. The molecule has 23 heavy (non-hydrogen) atoms. The van der Waals surface area contributed by atoms with Crippen LogP contribution in [0, 0.1) is 5.92 Å². The van der Waals surface area contributed by atoms with Crippen LogP contribution in [0.4, 0.5) is 0 Å².